The molecule has 0 bridgehead atoms. The zero-order valence-corrected chi connectivity index (χ0v) is 15.1. The van der Waals surface area contributed by atoms with Gasteiger partial charge in [0, 0.05) is 18.8 Å². The van der Waals surface area contributed by atoms with Gasteiger partial charge in [0.25, 0.3) is 0 Å². The lowest BCUT2D eigenvalue weighted by Crippen LogP contribution is -2.45. The van der Waals surface area contributed by atoms with Crippen molar-refractivity contribution in [3.63, 3.8) is 0 Å². The number of hydrogen-bond acceptors (Lipinski definition) is 4. The van der Waals surface area contributed by atoms with Crippen molar-refractivity contribution in [1.82, 2.24) is 5.32 Å². The Hall–Kier alpha value is -1.39. The van der Waals surface area contributed by atoms with Crippen LogP contribution in [0.5, 0.6) is 0 Å². The van der Waals surface area contributed by atoms with E-state index < -0.39 is 12.1 Å². The quantitative estimate of drug-likeness (QED) is 0.743. The van der Waals surface area contributed by atoms with Crippen LogP contribution in [0.4, 0.5) is 4.79 Å². The first-order valence-corrected chi connectivity index (χ1v) is 8.66. The van der Waals surface area contributed by atoms with Gasteiger partial charge in [-0.25, -0.2) is 4.79 Å². The van der Waals surface area contributed by atoms with E-state index in [-0.39, 0.29) is 29.3 Å². The summed E-state index contributed by atoms with van der Waals surface area (Å²) in [5, 5.41) is 2.62. The maximum Gasteiger partial charge on any atom is 0.407 e. The van der Waals surface area contributed by atoms with Crippen LogP contribution in [-0.4, -0.2) is 30.8 Å². The lowest BCUT2D eigenvalue weighted by atomic mass is 9.83. The zero-order chi connectivity index (χ0) is 17.6. The summed E-state index contributed by atoms with van der Waals surface area (Å²) in [6.45, 7) is 7.88. The molecule has 0 heterocycles. The fourth-order valence-electron chi connectivity index (χ4n) is 3.45. The molecule has 0 radical (unpaired) electrons. The number of carbonyl (C=O) groups excluding carboxylic acids is 3. The Bertz CT molecular complexity index is 431. The maximum atomic E-state index is 12.6. The summed E-state index contributed by atoms with van der Waals surface area (Å²) in [5.74, 6) is 0.760. The molecule has 1 fully saturated rings. The molecule has 0 aliphatic heterocycles. The van der Waals surface area contributed by atoms with E-state index in [2.05, 4.69) is 10.1 Å². The molecule has 0 spiro atoms. The van der Waals surface area contributed by atoms with Gasteiger partial charge in [0.15, 0.2) is 5.78 Å². The van der Waals surface area contributed by atoms with Crippen LogP contribution in [0.1, 0.15) is 59.8 Å². The molecule has 1 rings (SSSR count). The van der Waals surface area contributed by atoms with Crippen LogP contribution in [0, 0.1) is 23.7 Å². The van der Waals surface area contributed by atoms with Gasteiger partial charge in [0.1, 0.15) is 5.78 Å². The molecule has 0 aromatic rings. The number of ether oxygens (including phenoxy) is 1. The molecule has 5 nitrogen and oxygen atoms in total. The number of hydrogen-bond donors (Lipinski definition) is 1. The second kappa shape index (κ2) is 9.04. The van der Waals surface area contributed by atoms with Gasteiger partial charge in [-0.1, -0.05) is 34.1 Å². The van der Waals surface area contributed by atoms with Crippen LogP contribution < -0.4 is 5.32 Å². The molecule has 1 N–H and O–H groups in total. The standard InChI is InChI=1S/C18H31NO4/c1-11(2)9-15(20)14-8-6-7-13(14)10-16(21)17(12(3)4)19-18(22)23-5/h11-14,17H,6-10H2,1-5H3,(H,19,22)/t13-,14+,17-/m0/s1. The first-order valence-electron chi connectivity index (χ1n) is 8.66. The topological polar surface area (TPSA) is 72.5 Å². The van der Waals surface area contributed by atoms with Gasteiger partial charge in [0.05, 0.1) is 13.2 Å². The van der Waals surface area contributed by atoms with Crippen molar-refractivity contribution in [1.29, 1.82) is 0 Å². The van der Waals surface area contributed by atoms with Crippen molar-refractivity contribution in [3.05, 3.63) is 0 Å². The minimum Gasteiger partial charge on any atom is -0.453 e. The van der Waals surface area contributed by atoms with E-state index in [0.717, 1.165) is 19.3 Å². The van der Waals surface area contributed by atoms with E-state index in [9.17, 15) is 14.4 Å². The van der Waals surface area contributed by atoms with Gasteiger partial charge < -0.3 is 10.1 Å². The summed E-state index contributed by atoms with van der Waals surface area (Å²) in [7, 11) is 1.29. The molecule has 1 amide bonds. The number of ketones is 2. The molecule has 3 atom stereocenters. The molecular formula is C18H31NO4. The van der Waals surface area contributed by atoms with Gasteiger partial charge in [-0.3, -0.25) is 9.59 Å². The van der Waals surface area contributed by atoms with E-state index in [1.54, 1.807) is 0 Å². The van der Waals surface area contributed by atoms with Crippen molar-refractivity contribution in [3.8, 4) is 0 Å². The van der Waals surface area contributed by atoms with Crippen LogP contribution in [-0.2, 0) is 14.3 Å². The fourth-order valence-corrected chi connectivity index (χ4v) is 3.45. The zero-order valence-electron chi connectivity index (χ0n) is 15.1. The second-order valence-corrected chi connectivity index (χ2v) is 7.39. The Morgan fingerprint density at radius 2 is 1.78 bits per heavy atom. The molecule has 0 unspecified atom stereocenters. The maximum absolute atomic E-state index is 12.6. The van der Waals surface area contributed by atoms with Crippen molar-refractivity contribution in [2.24, 2.45) is 23.7 Å². The van der Waals surface area contributed by atoms with E-state index in [0.29, 0.717) is 18.8 Å². The Balaban J connectivity index is 2.69. The highest BCUT2D eigenvalue weighted by Crippen LogP contribution is 2.36. The predicted molar refractivity (Wildman–Crippen MR) is 89.1 cm³/mol. The second-order valence-electron chi connectivity index (χ2n) is 7.39. The van der Waals surface area contributed by atoms with Crippen molar-refractivity contribution in [2.45, 2.75) is 65.8 Å². The number of methoxy groups -OCH3 is 1. The monoisotopic (exact) mass is 325 g/mol. The van der Waals surface area contributed by atoms with Gasteiger partial charge >= 0.3 is 6.09 Å². The molecular weight excluding hydrogens is 294 g/mol. The summed E-state index contributed by atoms with van der Waals surface area (Å²) in [6.07, 6.45) is 3.17. The highest BCUT2D eigenvalue weighted by Gasteiger charge is 2.36. The van der Waals surface area contributed by atoms with E-state index in [1.807, 2.05) is 27.7 Å². The smallest absolute Gasteiger partial charge is 0.407 e. The third kappa shape index (κ3) is 5.96. The summed E-state index contributed by atoms with van der Waals surface area (Å²) in [6, 6.07) is -0.552. The number of alkyl carbamates (subject to hydrolysis) is 1. The van der Waals surface area contributed by atoms with Gasteiger partial charge in [-0.15, -0.1) is 0 Å². The van der Waals surface area contributed by atoms with Crippen LogP contribution >= 0.6 is 0 Å². The first kappa shape index (κ1) is 19.7. The average molecular weight is 325 g/mol. The molecule has 5 heteroatoms. The fraction of sp³-hybridized carbons (Fsp3) is 0.833. The largest absolute Gasteiger partial charge is 0.453 e. The Morgan fingerprint density at radius 1 is 1.13 bits per heavy atom. The minimum atomic E-state index is -0.587. The number of rotatable bonds is 8. The van der Waals surface area contributed by atoms with Crippen LogP contribution in [0.3, 0.4) is 0 Å². The number of nitrogens with one attached hydrogen (secondary N) is 1. The lowest BCUT2D eigenvalue weighted by Gasteiger charge is -2.24. The summed E-state index contributed by atoms with van der Waals surface area (Å²) < 4.78 is 4.60. The van der Waals surface area contributed by atoms with Gasteiger partial charge in [-0.05, 0) is 30.6 Å². The number of amides is 1. The van der Waals surface area contributed by atoms with E-state index in [1.165, 1.54) is 7.11 Å². The number of Topliss-reactive ketones (excluding diaryl/α,β-unsaturated/α-hetero) is 2. The lowest BCUT2D eigenvalue weighted by molar-refractivity contribution is -0.126. The molecule has 0 aromatic carbocycles. The Morgan fingerprint density at radius 3 is 2.30 bits per heavy atom. The summed E-state index contributed by atoms with van der Waals surface area (Å²) >= 11 is 0. The normalized spacial score (nSPS) is 22.2. The first-order chi connectivity index (χ1) is 10.8. The molecule has 1 aliphatic carbocycles. The summed E-state index contributed by atoms with van der Waals surface area (Å²) in [4.78, 5) is 36.4. The highest BCUT2D eigenvalue weighted by molar-refractivity contribution is 5.89. The molecule has 1 aliphatic rings. The van der Waals surface area contributed by atoms with E-state index in [4.69, 9.17) is 0 Å². The Labute approximate surface area is 139 Å². The highest BCUT2D eigenvalue weighted by atomic mass is 16.5. The van der Waals surface area contributed by atoms with E-state index >= 15 is 0 Å². The molecule has 23 heavy (non-hydrogen) atoms. The predicted octanol–water partition coefficient (Wildman–Crippen LogP) is 3.36. The average Bonchev–Trinajstić information content (AvgIpc) is 2.91. The van der Waals surface area contributed by atoms with Crippen LogP contribution in [0.25, 0.3) is 0 Å². The van der Waals surface area contributed by atoms with Crippen molar-refractivity contribution < 1.29 is 19.1 Å². The third-order valence-corrected chi connectivity index (χ3v) is 4.62. The molecule has 132 valence electrons. The van der Waals surface area contributed by atoms with Gasteiger partial charge in [-0.2, -0.15) is 0 Å². The van der Waals surface area contributed by atoms with Crippen LogP contribution in [0.2, 0.25) is 0 Å². The minimum absolute atomic E-state index is 0.000327. The third-order valence-electron chi connectivity index (χ3n) is 4.62. The molecule has 0 aromatic heterocycles. The van der Waals surface area contributed by atoms with Crippen LogP contribution in [0.15, 0.2) is 0 Å². The van der Waals surface area contributed by atoms with Crippen molar-refractivity contribution in [2.75, 3.05) is 7.11 Å². The summed E-state index contributed by atoms with van der Waals surface area (Å²) in [5.41, 5.74) is 0. The van der Waals surface area contributed by atoms with Crippen molar-refractivity contribution >= 4 is 17.7 Å². The Kier molecular flexibility index (Phi) is 7.73. The van der Waals surface area contributed by atoms with Gasteiger partial charge in [0.2, 0.25) is 0 Å². The molecule has 0 saturated heterocycles. The number of carbonyl (C=O) groups is 3. The SMILES string of the molecule is COC(=O)N[C@H](C(=O)C[C@@H]1CCC[C@H]1C(=O)CC(C)C)C(C)C. The molecule has 1 saturated carbocycles.